The highest BCUT2D eigenvalue weighted by atomic mass is 79.9. The first kappa shape index (κ1) is 24.1. The highest BCUT2D eigenvalue weighted by molar-refractivity contribution is 9.10. The second kappa shape index (κ2) is 10.5. The average molecular weight is 559 g/mol. The van der Waals surface area contributed by atoms with Gasteiger partial charge in [-0.25, -0.2) is 4.79 Å². The molecule has 3 aromatic rings. The van der Waals surface area contributed by atoms with Gasteiger partial charge in [-0.2, -0.15) is 0 Å². The molecule has 0 aliphatic carbocycles. The first-order valence-electron chi connectivity index (χ1n) is 10.0. The molecule has 1 aliphatic rings. The second-order valence-corrected chi connectivity index (χ2v) is 9.49. The van der Waals surface area contributed by atoms with Crippen molar-refractivity contribution in [2.75, 3.05) is 7.11 Å². The topological polar surface area (TPSA) is 72.9 Å². The Balaban J connectivity index is 1.53. The fourth-order valence-corrected chi connectivity index (χ4v) is 4.65. The van der Waals surface area contributed by atoms with E-state index in [0.717, 1.165) is 21.1 Å². The minimum absolute atomic E-state index is 0.0927. The molecule has 172 valence electrons. The van der Waals surface area contributed by atoms with Crippen molar-refractivity contribution in [3.8, 4) is 11.5 Å². The number of hydrogen-bond donors (Lipinski definition) is 0. The number of ether oxygens (including phenoxy) is 2. The number of imide groups is 1. The number of nitrogens with zero attached hydrogens (tertiary/aromatic N) is 1. The second-order valence-electron chi connectivity index (χ2n) is 7.17. The van der Waals surface area contributed by atoms with Gasteiger partial charge in [0.1, 0.15) is 0 Å². The molecule has 0 bridgehead atoms. The largest absolute Gasteiger partial charge is 0.493 e. The lowest BCUT2D eigenvalue weighted by atomic mass is 10.1. The SMILES string of the molecule is COc1cc(/C=C2\SC(=O)N(Cc3ccccc3Cl)C2=O)ccc1OC(=O)c1cccc(Br)c1. The van der Waals surface area contributed by atoms with E-state index >= 15 is 0 Å². The molecule has 0 saturated carbocycles. The Morgan fingerprint density at radius 3 is 2.59 bits per heavy atom. The van der Waals surface area contributed by atoms with Gasteiger partial charge in [0, 0.05) is 9.50 Å². The quantitative estimate of drug-likeness (QED) is 0.194. The van der Waals surface area contributed by atoms with E-state index in [-0.39, 0.29) is 22.4 Å². The van der Waals surface area contributed by atoms with Crippen LogP contribution in [0, 0.1) is 0 Å². The maximum atomic E-state index is 12.9. The van der Waals surface area contributed by atoms with Crippen LogP contribution in [0.3, 0.4) is 0 Å². The Hall–Kier alpha value is -3.07. The van der Waals surface area contributed by atoms with Gasteiger partial charge in [-0.05, 0) is 65.4 Å². The van der Waals surface area contributed by atoms with Gasteiger partial charge in [-0.1, -0.05) is 57.9 Å². The molecular weight excluding hydrogens is 542 g/mol. The molecule has 1 aliphatic heterocycles. The van der Waals surface area contributed by atoms with Gasteiger partial charge in [0.15, 0.2) is 11.5 Å². The summed E-state index contributed by atoms with van der Waals surface area (Å²) in [6.07, 6.45) is 1.60. The maximum Gasteiger partial charge on any atom is 0.343 e. The minimum Gasteiger partial charge on any atom is -0.493 e. The van der Waals surface area contributed by atoms with E-state index in [4.69, 9.17) is 21.1 Å². The van der Waals surface area contributed by atoms with E-state index in [2.05, 4.69) is 15.9 Å². The Kier molecular flexibility index (Phi) is 7.41. The number of amides is 2. The van der Waals surface area contributed by atoms with Crippen LogP contribution in [0.25, 0.3) is 6.08 Å². The molecule has 0 spiro atoms. The van der Waals surface area contributed by atoms with Gasteiger partial charge in [0.2, 0.25) is 0 Å². The number of carbonyl (C=O) groups is 3. The summed E-state index contributed by atoms with van der Waals surface area (Å²) in [6, 6.07) is 18.8. The lowest BCUT2D eigenvalue weighted by molar-refractivity contribution is -0.123. The lowest BCUT2D eigenvalue weighted by Gasteiger charge is -2.13. The van der Waals surface area contributed by atoms with Crippen LogP contribution in [0.1, 0.15) is 21.5 Å². The van der Waals surface area contributed by atoms with Crippen LogP contribution >= 0.6 is 39.3 Å². The van der Waals surface area contributed by atoms with Crippen LogP contribution < -0.4 is 9.47 Å². The average Bonchev–Trinajstić information content (AvgIpc) is 3.08. The zero-order valence-corrected chi connectivity index (χ0v) is 20.9. The fraction of sp³-hybridized carbons (Fsp3) is 0.0800. The van der Waals surface area contributed by atoms with Crippen molar-refractivity contribution in [3.63, 3.8) is 0 Å². The maximum absolute atomic E-state index is 12.9. The van der Waals surface area contributed by atoms with Gasteiger partial charge >= 0.3 is 5.97 Å². The van der Waals surface area contributed by atoms with E-state index in [1.807, 2.05) is 6.07 Å². The molecule has 1 fully saturated rings. The standard InChI is InChI=1S/C25H17BrClNO5S/c1-32-21-11-15(9-10-20(21)33-24(30)16-6-4-7-18(26)13-16)12-22-23(29)28(25(31)34-22)14-17-5-2-3-8-19(17)27/h2-13H,14H2,1H3/b22-12-. The summed E-state index contributed by atoms with van der Waals surface area (Å²) in [5.41, 5.74) is 1.68. The summed E-state index contributed by atoms with van der Waals surface area (Å²) in [4.78, 5) is 39.2. The van der Waals surface area contributed by atoms with E-state index in [1.54, 1.807) is 66.7 Å². The molecule has 0 N–H and O–H groups in total. The van der Waals surface area contributed by atoms with Gasteiger partial charge in [0.25, 0.3) is 11.1 Å². The van der Waals surface area contributed by atoms with Crippen molar-refractivity contribution in [2.24, 2.45) is 0 Å². The first-order valence-corrected chi connectivity index (χ1v) is 12.0. The summed E-state index contributed by atoms with van der Waals surface area (Å²) in [5.74, 6) is -0.393. The van der Waals surface area contributed by atoms with Crippen LogP contribution in [-0.2, 0) is 11.3 Å². The summed E-state index contributed by atoms with van der Waals surface area (Å²) >= 11 is 10.4. The van der Waals surface area contributed by atoms with Gasteiger partial charge in [0.05, 0.1) is 24.1 Å². The smallest absolute Gasteiger partial charge is 0.343 e. The van der Waals surface area contributed by atoms with E-state index in [1.165, 1.54) is 7.11 Å². The van der Waals surface area contributed by atoms with Gasteiger partial charge < -0.3 is 9.47 Å². The van der Waals surface area contributed by atoms with E-state index in [0.29, 0.717) is 27.5 Å². The van der Waals surface area contributed by atoms with Crippen molar-refractivity contribution in [1.82, 2.24) is 4.90 Å². The fourth-order valence-electron chi connectivity index (χ4n) is 3.22. The normalized spacial score (nSPS) is 14.6. The van der Waals surface area contributed by atoms with E-state index in [9.17, 15) is 14.4 Å². The molecule has 0 atom stereocenters. The summed E-state index contributed by atoms with van der Waals surface area (Å²) in [5, 5.41) is 0.117. The Morgan fingerprint density at radius 1 is 1.06 bits per heavy atom. The summed E-state index contributed by atoms with van der Waals surface area (Å²) in [6.45, 7) is 0.0927. The number of thioether (sulfide) groups is 1. The molecule has 2 amide bonds. The zero-order valence-electron chi connectivity index (χ0n) is 17.8. The molecule has 1 saturated heterocycles. The van der Waals surface area contributed by atoms with Crippen molar-refractivity contribution in [1.29, 1.82) is 0 Å². The first-order chi connectivity index (χ1) is 16.4. The third-order valence-electron chi connectivity index (χ3n) is 4.91. The van der Waals surface area contributed by atoms with Gasteiger partial charge in [-0.3, -0.25) is 14.5 Å². The van der Waals surface area contributed by atoms with Crippen LogP contribution in [0.4, 0.5) is 4.79 Å². The zero-order chi connectivity index (χ0) is 24.2. The van der Waals surface area contributed by atoms with Crippen LogP contribution in [-0.4, -0.2) is 29.1 Å². The lowest BCUT2D eigenvalue weighted by Crippen LogP contribution is -2.27. The molecule has 34 heavy (non-hydrogen) atoms. The van der Waals surface area contributed by atoms with Crippen molar-refractivity contribution in [2.45, 2.75) is 6.54 Å². The van der Waals surface area contributed by atoms with Crippen LogP contribution in [0.2, 0.25) is 5.02 Å². The molecule has 3 aromatic carbocycles. The molecule has 4 rings (SSSR count). The number of hydrogen-bond acceptors (Lipinski definition) is 6. The highest BCUT2D eigenvalue weighted by Crippen LogP contribution is 2.36. The highest BCUT2D eigenvalue weighted by Gasteiger charge is 2.35. The predicted molar refractivity (Wildman–Crippen MR) is 135 cm³/mol. The predicted octanol–water partition coefficient (Wildman–Crippen LogP) is 6.57. The summed E-state index contributed by atoms with van der Waals surface area (Å²) < 4.78 is 11.6. The molecule has 0 unspecified atom stereocenters. The Bertz CT molecular complexity index is 1330. The Morgan fingerprint density at radius 2 is 1.85 bits per heavy atom. The Labute approximate surface area is 213 Å². The third kappa shape index (κ3) is 5.35. The van der Waals surface area contributed by atoms with Crippen molar-refractivity contribution >= 4 is 62.5 Å². The van der Waals surface area contributed by atoms with Crippen molar-refractivity contribution < 1.29 is 23.9 Å². The number of esters is 1. The summed E-state index contributed by atoms with van der Waals surface area (Å²) in [7, 11) is 1.45. The van der Waals surface area contributed by atoms with Crippen LogP contribution in [0.15, 0.2) is 76.1 Å². The molecule has 0 radical (unpaired) electrons. The number of rotatable bonds is 6. The number of carbonyl (C=O) groups excluding carboxylic acids is 3. The van der Waals surface area contributed by atoms with Gasteiger partial charge in [-0.15, -0.1) is 0 Å². The molecule has 6 nitrogen and oxygen atoms in total. The molecule has 1 heterocycles. The monoisotopic (exact) mass is 557 g/mol. The molecule has 9 heteroatoms. The van der Waals surface area contributed by atoms with Crippen LogP contribution in [0.5, 0.6) is 11.5 Å². The number of methoxy groups -OCH3 is 1. The number of halogens is 2. The third-order valence-corrected chi connectivity index (χ3v) is 6.68. The molecule has 0 aromatic heterocycles. The molecular formula is C25H17BrClNO5S. The van der Waals surface area contributed by atoms with Crippen molar-refractivity contribution in [3.05, 3.63) is 97.8 Å². The van der Waals surface area contributed by atoms with E-state index < -0.39 is 11.9 Å². The number of benzene rings is 3. The minimum atomic E-state index is -0.534.